The van der Waals surface area contributed by atoms with Crippen LogP contribution < -0.4 is 5.73 Å². The van der Waals surface area contributed by atoms with E-state index in [1.807, 2.05) is 0 Å². The van der Waals surface area contributed by atoms with Crippen molar-refractivity contribution in [3.05, 3.63) is 88.5 Å². The van der Waals surface area contributed by atoms with E-state index in [2.05, 4.69) is 108 Å². The van der Waals surface area contributed by atoms with Gasteiger partial charge < -0.3 is 5.73 Å². The van der Waals surface area contributed by atoms with Gasteiger partial charge in [0.15, 0.2) is 0 Å². The Morgan fingerprint density at radius 2 is 1.12 bits per heavy atom. The molecule has 0 saturated heterocycles. The molecule has 5 aromatic rings. The lowest BCUT2D eigenvalue weighted by Crippen LogP contribution is -1.93. The zero-order valence-corrected chi connectivity index (χ0v) is 16.2. The van der Waals surface area contributed by atoms with Gasteiger partial charge >= 0.3 is 0 Å². The minimum Gasteiger partial charge on any atom is -0.398 e. The monoisotopic (exact) mass is 445 g/mol. The van der Waals surface area contributed by atoms with Crippen molar-refractivity contribution in [3.8, 4) is 11.1 Å². The number of anilines is 1. The zero-order chi connectivity index (χ0) is 17.7. The molecule has 0 aliphatic heterocycles. The van der Waals surface area contributed by atoms with Crippen LogP contribution in [0.3, 0.4) is 0 Å². The zero-order valence-electron chi connectivity index (χ0n) is 14.0. The minimum absolute atomic E-state index is 0.857. The average Bonchev–Trinajstić information content (AvgIpc) is 2.68. The fourth-order valence-electron chi connectivity index (χ4n) is 3.85. The molecule has 0 atom stereocenters. The molecule has 0 aliphatic carbocycles. The molecule has 0 fully saturated rings. The number of nitrogen functional groups attached to an aromatic ring is 1. The van der Waals surface area contributed by atoms with E-state index in [-0.39, 0.29) is 0 Å². The fourth-order valence-corrected chi connectivity index (χ4v) is 4.36. The number of nitrogens with two attached hydrogens (primary N) is 1. The van der Waals surface area contributed by atoms with Crippen molar-refractivity contribution in [2.24, 2.45) is 0 Å². The first kappa shape index (κ1) is 15.6. The highest BCUT2D eigenvalue weighted by Crippen LogP contribution is 2.41. The Labute approximate surface area is 165 Å². The summed E-state index contributed by atoms with van der Waals surface area (Å²) in [6.07, 6.45) is 0. The van der Waals surface area contributed by atoms with Gasteiger partial charge in [-0.25, -0.2) is 0 Å². The predicted octanol–water partition coefficient (Wildman–Crippen LogP) is 7.00. The van der Waals surface area contributed by atoms with Crippen LogP contribution in [0.15, 0.2) is 84.9 Å². The van der Waals surface area contributed by atoms with Crippen LogP contribution in [0.4, 0.5) is 5.69 Å². The molecule has 0 aliphatic rings. The lowest BCUT2D eigenvalue weighted by molar-refractivity contribution is 1.68. The van der Waals surface area contributed by atoms with Gasteiger partial charge in [-0.1, -0.05) is 66.7 Å². The largest absolute Gasteiger partial charge is 0.398 e. The highest BCUT2D eigenvalue weighted by atomic mass is 127. The van der Waals surface area contributed by atoms with Crippen molar-refractivity contribution in [2.75, 3.05) is 5.73 Å². The molecule has 5 aromatic carbocycles. The summed E-state index contributed by atoms with van der Waals surface area (Å²) in [6.45, 7) is 0. The summed E-state index contributed by atoms with van der Waals surface area (Å²) in [6, 6.07) is 30.2. The van der Waals surface area contributed by atoms with Crippen LogP contribution in [-0.4, -0.2) is 0 Å². The highest BCUT2D eigenvalue weighted by Gasteiger charge is 2.13. The number of fused-ring (bicyclic) bond motifs is 3. The Morgan fingerprint density at radius 3 is 1.77 bits per heavy atom. The summed E-state index contributed by atoms with van der Waals surface area (Å²) in [5, 5.41) is 7.16. The summed E-state index contributed by atoms with van der Waals surface area (Å²) >= 11 is 2.36. The van der Waals surface area contributed by atoms with Crippen LogP contribution in [0.25, 0.3) is 43.4 Å². The molecule has 0 radical (unpaired) electrons. The standard InChI is InChI=1S/C24H16IN/c25-18-12-11-15-13-17(10-9-16(15)14-18)23-19-5-1-3-7-21(19)24(26)22-8-4-2-6-20(22)23/h1-14H,26H2. The summed E-state index contributed by atoms with van der Waals surface area (Å²) in [4.78, 5) is 0. The number of rotatable bonds is 1. The van der Waals surface area contributed by atoms with E-state index in [1.165, 1.54) is 36.2 Å². The molecular weight excluding hydrogens is 429 g/mol. The van der Waals surface area contributed by atoms with Gasteiger partial charge in [0.1, 0.15) is 0 Å². The molecule has 0 aromatic heterocycles. The summed E-state index contributed by atoms with van der Waals surface area (Å²) in [7, 11) is 0. The number of hydrogen-bond acceptors (Lipinski definition) is 1. The smallest absolute Gasteiger partial charge is 0.0473 e. The molecule has 2 N–H and O–H groups in total. The summed E-state index contributed by atoms with van der Waals surface area (Å²) in [5.41, 5.74) is 9.85. The van der Waals surface area contributed by atoms with Gasteiger partial charge in [0.05, 0.1) is 0 Å². The van der Waals surface area contributed by atoms with Crippen molar-refractivity contribution >= 4 is 60.6 Å². The van der Waals surface area contributed by atoms with E-state index in [9.17, 15) is 0 Å². The quantitative estimate of drug-likeness (QED) is 0.168. The molecule has 5 rings (SSSR count). The molecule has 1 nitrogen and oxygen atoms in total. The molecule has 0 bridgehead atoms. The second kappa shape index (κ2) is 5.99. The van der Waals surface area contributed by atoms with E-state index in [0.29, 0.717) is 0 Å². The Kier molecular flexibility index (Phi) is 3.61. The Bertz CT molecular complexity index is 1250. The molecule has 0 heterocycles. The van der Waals surface area contributed by atoms with Crippen molar-refractivity contribution in [2.45, 2.75) is 0 Å². The SMILES string of the molecule is Nc1c2ccccc2c(-c2ccc3cc(I)ccc3c2)c2ccccc12. The molecule has 124 valence electrons. The van der Waals surface area contributed by atoms with E-state index in [0.717, 1.165) is 16.5 Å². The molecule has 0 saturated carbocycles. The highest BCUT2D eigenvalue weighted by molar-refractivity contribution is 14.1. The second-order valence-electron chi connectivity index (χ2n) is 6.59. The van der Waals surface area contributed by atoms with Gasteiger partial charge in [-0.2, -0.15) is 0 Å². The maximum Gasteiger partial charge on any atom is 0.0473 e. The molecule has 0 spiro atoms. The van der Waals surface area contributed by atoms with Gasteiger partial charge in [0, 0.05) is 20.0 Å². The number of hydrogen-bond donors (Lipinski definition) is 1. The van der Waals surface area contributed by atoms with Crippen LogP contribution >= 0.6 is 22.6 Å². The molecule has 26 heavy (non-hydrogen) atoms. The Morgan fingerprint density at radius 1 is 0.577 bits per heavy atom. The molecular formula is C24H16IN. The van der Waals surface area contributed by atoms with Gasteiger partial charge in [0.25, 0.3) is 0 Å². The van der Waals surface area contributed by atoms with Crippen LogP contribution in [0.2, 0.25) is 0 Å². The fraction of sp³-hybridized carbons (Fsp3) is 0. The average molecular weight is 445 g/mol. The first-order chi connectivity index (χ1) is 12.7. The lowest BCUT2D eigenvalue weighted by Gasteiger charge is -2.15. The third-order valence-corrected chi connectivity index (χ3v) is 5.74. The lowest BCUT2D eigenvalue weighted by atomic mass is 9.90. The normalized spacial score (nSPS) is 11.4. The van der Waals surface area contributed by atoms with Crippen molar-refractivity contribution < 1.29 is 0 Å². The summed E-state index contributed by atoms with van der Waals surface area (Å²) in [5.74, 6) is 0. The van der Waals surface area contributed by atoms with E-state index < -0.39 is 0 Å². The predicted molar refractivity (Wildman–Crippen MR) is 122 cm³/mol. The van der Waals surface area contributed by atoms with Crippen molar-refractivity contribution in [1.29, 1.82) is 0 Å². The van der Waals surface area contributed by atoms with Crippen molar-refractivity contribution in [3.63, 3.8) is 0 Å². The first-order valence-electron chi connectivity index (χ1n) is 8.61. The maximum atomic E-state index is 6.51. The van der Waals surface area contributed by atoms with Gasteiger partial charge in [-0.3, -0.25) is 0 Å². The van der Waals surface area contributed by atoms with E-state index in [1.54, 1.807) is 0 Å². The molecule has 0 unspecified atom stereocenters. The molecule has 0 amide bonds. The van der Waals surface area contributed by atoms with Crippen LogP contribution in [-0.2, 0) is 0 Å². The third-order valence-electron chi connectivity index (χ3n) is 5.06. The third kappa shape index (κ3) is 2.36. The minimum atomic E-state index is 0.857. The van der Waals surface area contributed by atoms with Crippen LogP contribution in [0.1, 0.15) is 0 Å². The second-order valence-corrected chi connectivity index (χ2v) is 7.83. The number of benzene rings is 5. The summed E-state index contributed by atoms with van der Waals surface area (Å²) < 4.78 is 1.26. The Hall–Kier alpha value is -2.59. The van der Waals surface area contributed by atoms with Crippen LogP contribution in [0, 0.1) is 3.57 Å². The molecule has 2 heteroatoms. The van der Waals surface area contributed by atoms with E-state index >= 15 is 0 Å². The van der Waals surface area contributed by atoms with E-state index in [4.69, 9.17) is 5.73 Å². The van der Waals surface area contributed by atoms with Gasteiger partial charge in [0.2, 0.25) is 0 Å². The maximum absolute atomic E-state index is 6.51. The first-order valence-corrected chi connectivity index (χ1v) is 9.69. The van der Waals surface area contributed by atoms with Gasteiger partial charge in [-0.05, 0) is 73.5 Å². The van der Waals surface area contributed by atoms with Crippen LogP contribution in [0.5, 0.6) is 0 Å². The topological polar surface area (TPSA) is 26.0 Å². The van der Waals surface area contributed by atoms with Crippen molar-refractivity contribution in [1.82, 2.24) is 0 Å². The number of halogens is 1. The Balaban J connectivity index is 1.93. The van der Waals surface area contributed by atoms with Gasteiger partial charge in [-0.15, -0.1) is 0 Å².